The smallest absolute Gasteiger partial charge is 0.407 e. The van der Waals surface area contributed by atoms with E-state index in [1.165, 1.54) is 22.3 Å². The number of nitrogens with zero attached hydrogens (tertiary/aromatic N) is 2. The van der Waals surface area contributed by atoms with Gasteiger partial charge in [-0.3, -0.25) is 9.80 Å². The largest absolute Gasteiger partial charge is 0.444 e. The maximum Gasteiger partial charge on any atom is 0.407 e. The van der Waals surface area contributed by atoms with Gasteiger partial charge in [-0.1, -0.05) is 70.0 Å². The molecule has 0 unspecified atom stereocenters. The second kappa shape index (κ2) is 15.0. The lowest BCUT2D eigenvalue weighted by atomic mass is 10.0. The molecule has 2 aromatic carbocycles. The van der Waals surface area contributed by atoms with E-state index in [0.29, 0.717) is 6.54 Å². The van der Waals surface area contributed by atoms with Gasteiger partial charge in [-0.05, 0) is 87.4 Å². The number of benzene rings is 2. The van der Waals surface area contributed by atoms with Crippen molar-refractivity contribution in [2.75, 3.05) is 32.7 Å². The Balaban J connectivity index is 1.45. The first-order chi connectivity index (χ1) is 18.5. The molecule has 1 aliphatic heterocycles. The molecular formula is C32H43BrClN3O2. The molecule has 1 saturated heterocycles. The number of amides is 1. The van der Waals surface area contributed by atoms with Crippen molar-refractivity contribution in [1.29, 1.82) is 0 Å². The lowest BCUT2D eigenvalue weighted by Crippen LogP contribution is -2.45. The van der Waals surface area contributed by atoms with Gasteiger partial charge in [0, 0.05) is 55.3 Å². The third-order valence-corrected chi connectivity index (χ3v) is 7.73. The minimum Gasteiger partial charge on any atom is -0.444 e. The van der Waals surface area contributed by atoms with Crippen LogP contribution in [0.5, 0.6) is 0 Å². The van der Waals surface area contributed by atoms with Crippen molar-refractivity contribution in [1.82, 2.24) is 15.1 Å². The highest BCUT2D eigenvalue weighted by atomic mass is 79.9. The molecule has 1 N–H and O–H groups in total. The summed E-state index contributed by atoms with van der Waals surface area (Å²) in [6.07, 6.45) is 4.47. The molecule has 0 saturated carbocycles. The summed E-state index contributed by atoms with van der Waals surface area (Å²) in [6.45, 7) is 18.6. The number of halogens is 2. The summed E-state index contributed by atoms with van der Waals surface area (Å²) in [7, 11) is 0. The van der Waals surface area contributed by atoms with Crippen LogP contribution in [-0.4, -0.2) is 54.2 Å². The van der Waals surface area contributed by atoms with Gasteiger partial charge in [-0.25, -0.2) is 4.79 Å². The molecule has 5 nitrogen and oxygen atoms in total. The van der Waals surface area contributed by atoms with Gasteiger partial charge in [0.1, 0.15) is 5.60 Å². The monoisotopic (exact) mass is 615 g/mol. The summed E-state index contributed by atoms with van der Waals surface area (Å²) in [5.41, 5.74) is 5.56. The van der Waals surface area contributed by atoms with Crippen LogP contribution in [0.25, 0.3) is 4.48 Å². The first-order valence-corrected chi connectivity index (χ1v) is 15.0. The molecule has 2 aromatic rings. The van der Waals surface area contributed by atoms with Gasteiger partial charge >= 0.3 is 6.09 Å². The second-order valence-electron chi connectivity index (χ2n) is 11.3. The molecule has 1 heterocycles. The van der Waals surface area contributed by atoms with Crippen LogP contribution in [-0.2, 0) is 17.8 Å². The number of carbonyl (C=O) groups is 1. The minimum atomic E-state index is -0.475. The molecule has 1 aliphatic rings. The van der Waals surface area contributed by atoms with Gasteiger partial charge in [0.15, 0.2) is 0 Å². The summed E-state index contributed by atoms with van der Waals surface area (Å²) in [6, 6.07) is 14.9. The quantitative estimate of drug-likeness (QED) is 0.206. The summed E-state index contributed by atoms with van der Waals surface area (Å²) in [5, 5.41) is 3.67. The first kappa shape index (κ1) is 31.4. The van der Waals surface area contributed by atoms with Crippen LogP contribution in [0.15, 0.2) is 60.7 Å². The maximum absolute atomic E-state index is 11.8. The predicted molar refractivity (Wildman–Crippen MR) is 167 cm³/mol. The minimum absolute atomic E-state index is 0.363. The predicted octanol–water partition coefficient (Wildman–Crippen LogP) is 7.95. The Morgan fingerprint density at radius 1 is 1.08 bits per heavy atom. The molecule has 0 radical (unpaired) electrons. The van der Waals surface area contributed by atoms with E-state index in [0.717, 1.165) is 73.6 Å². The van der Waals surface area contributed by atoms with Crippen LogP contribution < -0.4 is 5.32 Å². The number of ether oxygens (including phenoxy) is 1. The number of nitrogens with one attached hydrogen (secondary N) is 1. The van der Waals surface area contributed by atoms with Crippen LogP contribution in [0.1, 0.15) is 62.3 Å². The van der Waals surface area contributed by atoms with Crippen molar-refractivity contribution < 1.29 is 9.53 Å². The first-order valence-electron chi connectivity index (χ1n) is 13.8. The van der Waals surface area contributed by atoms with Crippen molar-refractivity contribution in [2.24, 2.45) is 0 Å². The van der Waals surface area contributed by atoms with E-state index in [4.69, 9.17) is 16.3 Å². The highest BCUT2D eigenvalue weighted by Gasteiger charge is 2.18. The van der Waals surface area contributed by atoms with E-state index >= 15 is 0 Å². The van der Waals surface area contributed by atoms with E-state index in [-0.39, 0.29) is 6.09 Å². The molecule has 1 amide bonds. The average Bonchev–Trinajstić information content (AvgIpc) is 2.86. The molecule has 7 heteroatoms. The molecule has 39 heavy (non-hydrogen) atoms. The average molecular weight is 617 g/mol. The van der Waals surface area contributed by atoms with Crippen LogP contribution in [0.2, 0.25) is 5.02 Å². The van der Waals surface area contributed by atoms with Crippen LogP contribution >= 0.6 is 27.5 Å². The number of allylic oxidation sites excluding steroid dienone is 2. The molecular weight excluding hydrogens is 574 g/mol. The number of piperazine rings is 1. The normalized spacial score (nSPS) is 15.3. The Morgan fingerprint density at radius 3 is 2.41 bits per heavy atom. The van der Waals surface area contributed by atoms with E-state index in [2.05, 4.69) is 81.0 Å². The van der Waals surface area contributed by atoms with Crippen LogP contribution in [0.4, 0.5) is 4.79 Å². The van der Waals surface area contributed by atoms with Gasteiger partial charge in [0.2, 0.25) is 0 Å². The van der Waals surface area contributed by atoms with Crippen LogP contribution in [0.3, 0.4) is 0 Å². The van der Waals surface area contributed by atoms with E-state index in [1.54, 1.807) is 0 Å². The number of hydrogen-bond acceptors (Lipinski definition) is 4. The number of hydrogen-bond donors (Lipinski definition) is 1. The zero-order valence-electron chi connectivity index (χ0n) is 23.9. The Labute approximate surface area is 248 Å². The molecule has 0 atom stereocenters. The van der Waals surface area contributed by atoms with E-state index in [9.17, 15) is 4.79 Å². The van der Waals surface area contributed by atoms with Gasteiger partial charge in [0.25, 0.3) is 0 Å². The van der Waals surface area contributed by atoms with Crippen molar-refractivity contribution in [2.45, 2.75) is 65.6 Å². The highest BCUT2D eigenvalue weighted by Crippen LogP contribution is 2.28. The van der Waals surface area contributed by atoms with Gasteiger partial charge < -0.3 is 10.1 Å². The van der Waals surface area contributed by atoms with Crippen molar-refractivity contribution in [3.05, 3.63) is 88.0 Å². The van der Waals surface area contributed by atoms with Gasteiger partial charge in [-0.15, -0.1) is 0 Å². The molecule has 0 aliphatic carbocycles. The zero-order chi connectivity index (χ0) is 28.4. The summed E-state index contributed by atoms with van der Waals surface area (Å²) in [5.74, 6) is 0. The fourth-order valence-electron chi connectivity index (χ4n) is 4.57. The standard InChI is InChI=1S/C32H43BrClN3O2/c1-24(10-8-9-15-35-31(38)39-32(3,4)5)20-29(33)28-21-26(14-13-25(28)2)22-36-16-18-37(19-17-36)23-27-11-6-7-12-30(27)34/h6-7,11-14,20-21H,1,8-10,15-19,22-23H2,2-5H3,(H,35,38)/b29-20+. The highest BCUT2D eigenvalue weighted by molar-refractivity contribution is 9.15. The van der Waals surface area contributed by atoms with Crippen molar-refractivity contribution >= 4 is 38.1 Å². The molecule has 0 aromatic heterocycles. The number of unbranched alkanes of at least 4 members (excludes halogenated alkanes) is 1. The van der Waals surface area contributed by atoms with Gasteiger partial charge in [0.05, 0.1) is 0 Å². The Kier molecular flexibility index (Phi) is 12.1. The SMILES string of the molecule is C=C(/C=C(/Br)c1cc(CN2CCN(Cc3ccccc3Cl)CC2)ccc1C)CCCCNC(=O)OC(C)(C)C. The lowest BCUT2D eigenvalue weighted by molar-refractivity contribution is 0.0527. The summed E-state index contributed by atoms with van der Waals surface area (Å²) in [4.78, 5) is 16.8. The second-order valence-corrected chi connectivity index (χ2v) is 12.6. The fraction of sp³-hybridized carbons (Fsp3) is 0.469. The van der Waals surface area contributed by atoms with Crippen molar-refractivity contribution in [3.8, 4) is 0 Å². The third-order valence-electron chi connectivity index (χ3n) is 6.71. The summed E-state index contributed by atoms with van der Waals surface area (Å²) >= 11 is 10.2. The topological polar surface area (TPSA) is 44.8 Å². The third kappa shape index (κ3) is 11.1. The summed E-state index contributed by atoms with van der Waals surface area (Å²) < 4.78 is 6.33. The zero-order valence-corrected chi connectivity index (χ0v) is 26.2. The molecule has 1 fully saturated rings. The number of alkyl carbamates (subject to hydrolysis) is 1. The Bertz CT molecular complexity index is 1150. The number of rotatable bonds is 11. The van der Waals surface area contributed by atoms with Gasteiger partial charge in [-0.2, -0.15) is 0 Å². The van der Waals surface area contributed by atoms with Crippen molar-refractivity contribution in [3.63, 3.8) is 0 Å². The Hall–Kier alpha value is -2.12. The molecule has 3 rings (SSSR count). The Morgan fingerprint density at radius 2 is 1.74 bits per heavy atom. The lowest BCUT2D eigenvalue weighted by Gasteiger charge is -2.35. The van der Waals surface area contributed by atoms with E-state index in [1.807, 2.05) is 32.9 Å². The molecule has 0 bridgehead atoms. The van der Waals surface area contributed by atoms with Crippen LogP contribution in [0, 0.1) is 6.92 Å². The molecule has 212 valence electrons. The van der Waals surface area contributed by atoms with E-state index < -0.39 is 5.60 Å². The fourth-order valence-corrected chi connectivity index (χ4v) is 5.51. The number of aryl methyl sites for hydroxylation is 1. The maximum atomic E-state index is 11.8. The number of carbonyl (C=O) groups excluding carboxylic acids is 1. The molecule has 0 spiro atoms.